The second kappa shape index (κ2) is 4.68. The number of imidazole rings is 1. The molecule has 0 aliphatic heterocycles. The maximum Gasteiger partial charge on any atom is 0.230 e. The molecule has 2 N–H and O–H groups in total. The van der Waals surface area contributed by atoms with Gasteiger partial charge in [-0.1, -0.05) is 17.7 Å². The van der Waals surface area contributed by atoms with Gasteiger partial charge in [0.2, 0.25) is 5.95 Å². The van der Waals surface area contributed by atoms with Crippen molar-refractivity contribution in [3.8, 4) is 0 Å². The van der Waals surface area contributed by atoms with Crippen LogP contribution in [0.5, 0.6) is 0 Å². The van der Waals surface area contributed by atoms with Crippen molar-refractivity contribution < 1.29 is 0 Å². The highest BCUT2D eigenvalue weighted by Crippen LogP contribution is 2.25. The van der Waals surface area contributed by atoms with E-state index in [-0.39, 0.29) is 0 Å². The van der Waals surface area contributed by atoms with E-state index in [1.165, 1.54) is 6.33 Å². The second-order valence-corrected chi connectivity index (χ2v) is 4.80. The normalized spacial score (nSPS) is 11.1. The van der Waals surface area contributed by atoms with Crippen molar-refractivity contribution >= 4 is 45.3 Å². The maximum atomic E-state index is 6.10. The number of aromatic amines is 1. The molecule has 102 valence electrons. The zero-order chi connectivity index (χ0) is 14.2. The number of aromatic nitrogens is 5. The van der Waals surface area contributed by atoms with Crippen LogP contribution in [0.2, 0.25) is 5.15 Å². The third-order valence-corrected chi connectivity index (χ3v) is 3.39. The molecule has 0 bridgehead atoms. The number of H-pyrrole nitrogens is 1. The first kappa shape index (κ1) is 12.0. The number of fused-ring (bicyclic) bond motifs is 2. The molecule has 21 heavy (non-hydrogen) atoms. The maximum absolute atomic E-state index is 6.10. The van der Waals surface area contributed by atoms with Crippen LogP contribution < -0.4 is 5.32 Å². The summed E-state index contributed by atoms with van der Waals surface area (Å²) >= 11 is 6.10. The number of benzene rings is 1. The summed E-state index contributed by atoms with van der Waals surface area (Å²) in [6, 6.07) is 9.69. The molecule has 1 aromatic carbocycles. The smallest absolute Gasteiger partial charge is 0.230 e. The molecular weight excluding hydrogens is 288 g/mol. The van der Waals surface area contributed by atoms with Crippen molar-refractivity contribution in [1.82, 2.24) is 24.9 Å². The number of anilines is 2. The monoisotopic (exact) mass is 296 g/mol. The predicted molar refractivity (Wildman–Crippen MR) is 81.7 cm³/mol. The van der Waals surface area contributed by atoms with E-state index in [0.29, 0.717) is 22.3 Å². The zero-order valence-corrected chi connectivity index (χ0v) is 11.5. The molecule has 0 saturated heterocycles. The Morgan fingerprint density at radius 1 is 1.05 bits per heavy atom. The lowest BCUT2D eigenvalue weighted by atomic mass is 10.2. The van der Waals surface area contributed by atoms with E-state index < -0.39 is 0 Å². The lowest BCUT2D eigenvalue weighted by molar-refractivity contribution is 1.20. The lowest BCUT2D eigenvalue weighted by Crippen LogP contribution is -1.99. The minimum absolute atomic E-state index is 0.308. The van der Waals surface area contributed by atoms with Crippen molar-refractivity contribution in [3.63, 3.8) is 0 Å². The Bertz CT molecular complexity index is 943. The molecule has 0 aliphatic rings. The van der Waals surface area contributed by atoms with Gasteiger partial charge in [0.15, 0.2) is 10.8 Å². The number of nitrogens with zero attached hydrogens (tertiary/aromatic N) is 4. The number of pyridine rings is 1. The number of hydrogen-bond acceptors (Lipinski definition) is 5. The molecule has 0 fully saturated rings. The van der Waals surface area contributed by atoms with E-state index in [4.69, 9.17) is 11.6 Å². The minimum atomic E-state index is 0.308. The highest BCUT2D eigenvalue weighted by atomic mass is 35.5. The zero-order valence-electron chi connectivity index (χ0n) is 10.7. The quantitative estimate of drug-likeness (QED) is 0.555. The van der Waals surface area contributed by atoms with E-state index in [1.54, 1.807) is 6.20 Å². The van der Waals surface area contributed by atoms with Crippen LogP contribution in [0, 0.1) is 0 Å². The molecular formula is C14H9ClN6. The summed E-state index contributed by atoms with van der Waals surface area (Å²) < 4.78 is 0. The van der Waals surface area contributed by atoms with Crippen LogP contribution in [0.3, 0.4) is 0 Å². The topological polar surface area (TPSA) is 79.4 Å². The van der Waals surface area contributed by atoms with Crippen LogP contribution in [0.15, 0.2) is 42.9 Å². The van der Waals surface area contributed by atoms with Crippen LogP contribution in [-0.4, -0.2) is 24.9 Å². The number of nitrogens with one attached hydrogen (secondary N) is 2. The highest BCUT2D eigenvalue weighted by Gasteiger charge is 2.09. The summed E-state index contributed by atoms with van der Waals surface area (Å²) in [7, 11) is 0. The first-order valence-electron chi connectivity index (χ1n) is 6.29. The lowest BCUT2D eigenvalue weighted by Gasteiger charge is -2.08. The molecule has 0 saturated carbocycles. The van der Waals surface area contributed by atoms with Gasteiger partial charge in [0.05, 0.1) is 17.5 Å². The van der Waals surface area contributed by atoms with Crippen molar-refractivity contribution in [2.75, 3.05) is 5.32 Å². The Hall–Kier alpha value is -2.73. The Morgan fingerprint density at radius 2 is 2.00 bits per heavy atom. The fourth-order valence-electron chi connectivity index (χ4n) is 2.19. The van der Waals surface area contributed by atoms with Gasteiger partial charge in [-0.05, 0) is 24.3 Å². The molecule has 6 nitrogen and oxygen atoms in total. The van der Waals surface area contributed by atoms with Gasteiger partial charge >= 0.3 is 0 Å². The summed E-state index contributed by atoms with van der Waals surface area (Å²) in [5.41, 5.74) is 2.92. The van der Waals surface area contributed by atoms with Gasteiger partial charge in [0, 0.05) is 11.6 Å². The average Bonchev–Trinajstić information content (AvgIpc) is 2.97. The first-order chi connectivity index (χ1) is 10.3. The molecule has 0 spiro atoms. The average molecular weight is 297 g/mol. The van der Waals surface area contributed by atoms with Gasteiger partial charge in [0.25, 0.3) is 0 Å². The third-order valence-electron chi connectivity index (χ3n) is 3.13. The molecule has 0 unspecified atom stereocenters. The van der Waals surface area contributed by atoms with Gasteiger partial charge in [-0.3, -0.25) is 4.98 Å². The fourth-order valence-corrected chi connectivity index (χ4v) is 2.41. The summed E-state index contributed by atoms with van der Waals surface area (Å²) in [5.74, 6) is 0.410. The highest BCUT2D eigenvalue weighted by molar-refractivity contribution is 6.33. The fraction of sp³-hybridized carbons (Fsp3) is 0. The van der Waals surface area contributed by atoms with Crippen molar-refractivity contribution in [2.45, 2.75) is 0 Å². The van der Waals surface area contributed by atoms with Gasteiger partial charge in [-0.25, -0.2) is 4.98 Å². The number of halogens is 1. The molecule has 0 radical (unpaired) electrons. The molecule has 7 heteroatoms. The van der Waals surface area contributed by atoms with E-state index in [0.717, 1.165) is 16.6 Å². The largest absolute Gasteiger partial charge is 0.329 e. The van der Waals surface area contributed by atoms with Gasteiger partial charge in [-0.2, -0.15) is 9.97 Å². The van der Waals surface area contributed by atoms with Crippen molar-refractivity contribution in [2.24, 2.45) is 0 Å². The van der Waals surface area contributed by atoms with Crippen LogP contribution >= 0.6 is 11.6 Å². The minimum Gasteiger partial charge on any atom is -0.329 e. The number of hydrogen-bond donors (Lipinski definition) is 2. The van der Waals surface area contributed by atoms with Crippen molar-refractivity contribution in [3.05, 3.63) is 48.0 Å². The molecule has 3 heterocycles. The molecule has 4 rings (SSSR count). The predicted octanol–water partition coefficient (Wildman–Crippen LogP) is 3.30. The van der Waals surface area contributed by atoms with E-state index in [1.807, 2.05) is 30.3 Å². The van der Waals surface area contributed by atoms with Crippen LogP contribution in [0.4, 0.5) is 11.6 Å². The summed E-state index contributed by atoms with van der Waals surface area (Å²) in [6.07, 6.45) is 3.30. The van der Waals surface area contributed by atoms with Gasteiger partial charge in [-0.15, -0.1) is 0 Å². The molecule has 4 aromatic rings. The van der Waals surface area contributed by atoms with E-state index >= 15 is 0 Å². The third kappa shape index (κ3) is 2.05. The Kier molecular flexibility index (Phi) is 2.68. The van der Waals surface area contributed by atoms with Crippen LogP contribution in [0.1, 0.15) is 0 Å². The molecule has 3 aromatic heterocycles. The Balaban J connectivity index is 1.82. The van der Waals surface area contributed by atoms with Gasteiger partial charge < -0.3 is 10.3 Å². The SMILES string of the molecule is Clc1nc(Nc2cccc3ncccc23)nc2[nH]cnc12. The summed E-state index contributed by atoms with van der Waals surface area (Å²) in [6.45, 7) is 0. The standard InChI is InChI=1S/C14H9ClN6/c15-12-11-13(18-7-17-11)21-14(20-12)19-10-5-1-4-9-8(10)3-2-6-16-9/h1-7H,(H2,17,18,19,20,21). The Morgan fingerprint density at radius 3 is 2.95 bits per heavy atom. The van der Waals surface area contributed by atoms with E-state index in [9.17, 15) is 0 Å². The first-order valence-corrected chi connectivity index (χ1v) is 6.66. The molecule has 0 aliphatic carbocycles. The number of rotatable bonds is 2. The second-order valence-electron chi connectivity index (χ2n) is 4.44. The van der Waals surface area contributed by atoms with Gasteiger partial charge in [0.1, 0.15) is 5.52 Å². The van der Waals surface area contributed by atoms with Crippen LogP contribution in [-0.2, 0) is 0 Å². The Labute approximate surface area is 124 Å². The van der Waals surface area contributed by atoms with Crippen molar-refractivity contribution in [1.29, 1.82) is 0 Å². The van der Waals surface area contributed by atoms with Crippen LogP contribution in [0.25, 0.3) is 22.1 Å². The summed E-state index contributed by atoms with van der Waals surface area (Å²) in [4.78, 5) is 19.9. The molecule has 0 amide bonds. The van der Waals surface area contributed by atoms with E-state index in [2.05, 4.69) is 30.2 Å². The molecule has 0 atom stereocenters. The summed E-state index contributed by atoms with van der Waals surface area (Å²) in [5, 5.41) is 4.47.